The van der Waals surface area contributed by atoms with Gasteiger partial charge in [-0.2, -0.15) is 5.10 Å². The van der Waals surface area contributed by atoms with E-state index in [1.807, 2.05) is 38.1 Å². The molecule has 0 saturated carbocycles. The Hall–Kier alpha value is -3.55. The van der Waals surface area contributed by atoms with Crippen molar-refractivity contribution in [1.29, 1.82) is 0 Å². The monoisotopic (exact) mass is 411 g/mol. The van der Waals surface area contributed by atoms with Gasteiger partial charge >= 0.3 is 0 Å². The molecule has 2 aromatic rings. The normalized spacial score (nSPS) is 13.4. The van der Waals surface area contributed by atoms with Crippen molar-refractivity contribution in [3.05, 3.63) is 48.0 Å². The molecule has 30 heavy (non-hydrogen) atoms. The molecule has 3 rings (SSSR count). The van der Waals surface area contributed by atoms with Crippen LogP contribution in [0.25, 0.3) is 0 Å². The second-order valence-electron chi connectivity index (χ2n) is 6.50. The molecule has 1 aliphatic rings. The molecule has 8 nitrogen and oxygen atoms in total. The minimum Gasteiger partial charge on any atom is -0.490 e. The number of hydrogen-bond acceptors (Lipinski definition) is 6. The van der Waals surface area contributed by atoms with Crippen LogP contribution in [0.3, 0.4) is 0 Å². The van der Waals surface area contributed by atoms with Gasteiger partial charge in [-0.3, -0.25) is 14.5 Å². The average Bonchev–Trinajstić information content (AvgIpc) is 2.75. The van der Waals surface area contributed by atoms with Crippen LogP contribution < -0.4 is 24.5 Å². The first kappa shape index (κ1) is 21.2. The molecule has 0 bridgehead atoms. The standard InChI is InChI=1S/C22H25N3O5/c1-4-28-19-11-10-16(12-20(19)29-5-2)15(3)23-24-21(26)13-25-17-8-6-7-9-18(17)30-14-22(25)27/h6-12H,4-5,13-14H2,1-3H3,(H,24,26)/b23-15-. The van der Waals surface area contributed by atoms with Crippen LogP contribution in [0.1, 0.15) is 26.3 Å². The predicted octanol–water partition coefficient (Wildman–Crippen LogP) is 2.75. The molecule has 8 heteroatoms. The molecule has 0 saturated heterocycles. The van der Waals surface area contributed by atoms with E-state index in [-0.39, 0.29) is 19.1 Å². The van der Waals surface area contributed by atoms with Gasteiger partial charge in [-0.05, 0) is 51.1 Å². The van der Waals surface area contributed by atoms with Gasteiger partial charge in [0, 0.05) is 5.56 Å². The Labute approximate surface area is 175 Å². The summed E-state index contributed by atoms with van der Waals surface area (Å²) in [6.45, 7) is 6.37. The Bertz CT molecular complexity index is 958. The average molecular weight is 411 g/mol. The van der Waals surface area contributed by atoms with Crippen LogP contribution in [0.15, 0.2) is 47.6 Å². The van der Waals surface area contributed by atoms with Crippen molar-refractivity contribution >= 4 is 23.2 Å². The highest BCUT2D eigenvalue weighted by Crippen LogP contribution is 2.31. The molecule has 1 N–H and O–H groups in total. The summed E-state index contributed by atoms with van der Waals surface area (Å²) in [4.78, 5) is 26.0. The fraction of sp³-hybridized carbons (Fsp3) is 0.318. The van der Waals surface area contributed by atoms with E-state index in [4.69, 9.17) is 14.2 Å². The van der Waals surface area contributed by atoms with Crippen molar-refractivity contribution in [3.8, 4) is 17.2 Å². The largest absolute Gasteiger partial charge is 0.490 e. The number of para-hydroxylation sites is 2. The zero-order valence-electron chi connectivity index (χ0n) is 17.3. The van der Waals surface area contributed by atoms with E-state index in [1.54, 1.807) is 25.1 Å². The van der Waals surface area contributed by atoms with Crippen LogP contribution in [-0.2, 0) is 9.59 Å². The van der Waals surface area contributed by atoms with Crippen molar-refractivity contribution in [2.24, 2.45) is 5.10 Å². The quantitative estimate of drug-likeness (QED) is 0.533. The maximum absolute atomic E-state index is 12.4. The third-order valence-electron chi connectivity index (χ3n) is 4.42. The van der Waals surface area contributed by atoms with Gasteiger partial charge in [-0.1, -0.05) is 12.1 Å². The zero-order valence-corrected chi connectivity index (χ0v) is 17.3. The molecule has 1 heterocycles. The topological polar surface area (TPSA) is 89.5 Å². The Morgan fingerprint density at radius 3 is 2.63 bits per heavy atom. The summed E-state index contributed by atoms with van der Waals surface area (Å²) >= 11 is 0. The number of hydrogen-bond donors (Lipinski definition) is 1. The summed E-state index contributed by atoms with van der Waals surface area (Å²) in [6.07, 6.45) is 0. The third-order valence-corrected chi connectivity index (χ3v) is 4.42. The van der Waals surface area contributed by atoms with Gasteiger partial charge in [-0.15, -0.1) is 0 Å². The fourth-order valence-corrected chi connectivity index (χ4v) is 2.99. The molecular weight excluding hydrogens is 386 g/mol. The number of carbonyl (C=O) groups is 2. The highest BCUT2D eigenvalue weighted by atomic mass is 16.5. The first-order chi connectivity index (χ1) is 14.5. The third kappa shape index (κ3) is 4.89. The molecule has 0 spiro atoms. The van der Waals surface area contributed by atoms with Crippen molar-refractivity contribution < 1.29 is 23.8 Å². The minimum absolute atomic E-state index is 0.0982. The summed E-state index contributed by atoms with van der Waals surface area (Å²) in [5.41, 5.74) is 4.47. The molecule has 158 valence electrons. The van der Waals surface area contributed by atoms with Crippen molar-refractivity contribution in [2.45, 2.75) is 20.8 Å². The first-order valence-electron chi connectivity index (χ1n) is 9.78. The van der Waals surface area contributed by atoms with Gasteiger partial charge in [0.25, 0.3) is 11.8 Å². The SMILES string of the molecule is CCOc1ccc(/C(C)=N\NC(=O)CN2C(=O)COc3ccccc32)cc1OCC. The maximum atomic E-state index is 12.4. The van der Waals surface area contributed by atoms with Gasteiger partial charge in [0.05, 0.1) is 24.6 Å². The summed E-state index contributed by atoms with van der Waals surface area (Å²) < 4.78 is 16.6. The molecule has 0 radical (unpaired) electrons. The number of nitrogens with one attached hydrogen (secondary N) is 1. The van der Waals surface area contributed by atoms with E-state index < -0.39 is 5.91 Å². The number of anilines is 1. The van der Waals surface area contributed by atoms with Crippen molar-refractivity contribution in [3.63, 3.8) is 0 Å². The molecule has 0 unspecified atom stereocenters. The van der Waals surface area contributed by atoms with Crippen LogP contribution in [0.2, 0.25) is 0 Å². The van der Waals surface area contributed by atoms with Crippen molar-refractivity contribution in [1.82, 2.24) is 5.43 Å². The summed E-state index contributed by atoms with van der Waals surface area (Å²) in [7, 11) is 0. The number of rotatable bonds is 8. The van der Waals surface area contributed by atoms with E-state index in [1.165, 1.54) is 4.90 Å². The smallest absolute Gasteiger partial charge is 0.265 e. The van der Waals surface area contributed by atoms with E-state index in [0.29, 0.717) is 41.9 Å². The molecule has 0 aliphatic carbocycles. The molecule has 1 aliphatic heterocycles. The lowest BCUT2D eigenvalue weighted by molar-refractivity contribution is -0.125. The van der Waals surface area contributed by atoms with Crippen molar-refractivity contribution in [2.75, 3.05) is 31.3 Å². The second-order valence-corrected chi connectivity index (χ2v) is 6.50. The number of ether oxygens (including phenoxy) is 3. The van der Waals surface area contributed by atoms with Crippen LogP contribution in [-0.4, -0.2) is 43.9 Å². The van der Waals surface area contributed by atoms with E-state index in [0.717, 1.165) is 5.56 Å². The van der Waals surface area contributed by atoms with Gasteiger partial charge in [0.15, 0.2) is 18.1 Å². The second kappa shape index (κ2) is 9.78. The number of hydrazone groups is 1. The van der Waals surface area contributed by atoms with Gasteiger partial charge < -0.3 is 14.2 Å². The lowest BCUT2D eigenvalue weighted by atomic mass is 10.1. The summed E-state index contributed by atoms with van der Waals surface area (Å²) in [5, 5.41) is 4.17. The number of carbonyl (C=O) groups excluding carboxylic acids is 2. The highest BCUT2D eigenvalue weighted by Gasteiger charge is 2.26. The number of benzene rings is 2. The Kier molecular flexibility index (Phi) is 6.90. The van der Waals surface area contributed by atoms with Gasteiger partial charge in [-0.25, -0.2) is 5.43 Å². The Morgan fingerprint density at radius 1 is 1.13 bits per heavy atom. The van der Waals surface area contributed by atoms with Crippen LogP contribution in [0.5, 0.6) is 17.2 Å². The molecule has 0 fully saturated rings. The lowest BCUT2D eigenvalue weighted by Crippen LogP contribution is -2.44. The first-order valence-corrected chi connectivity index (χ1v) is 9.78. The van der Waals surface area contributed by atoms with Gasteiger partial charge in [0.1, 0.15) is 12.3 Å². The number of fused-ring (bicyclic) bond motifs is 1. The van der Waals surface area contributed by atoms with Gasteiger partial charge in [0.2, 0.25) is 0 Å². The van der Waals surface area contributed by atoms with E-state index >= 15 is 0 Å². The Morgan fingerprint density at radius 2 is 1.87 bits per heavy atom. The van der Waals surface area contributed by atoms with Crippen LogP contribution >= 0.6 is 0 Å². The maximum Gasteiger partial charge on any atom is 0.265 e. The van der Waals surface area contributed by atoms with Crippen LogP contribution in [0, 0.1) is 0 Å². The fourth-order valence-electron chi connectivity index (χ4n) is 2.99. The van der Waals surface area contributed by atoms with Crippen LogP contribution in [0.4, 0.5) is 5.69 Å². The summed E-state index contributed by atoms with van der Waals surface area (Å²) in [6, 6.07) is 12.6. The van der Waals surface area contributed by atoms with E-state index in [2.05, 4.69) is 10.5 Å². The minimum atomic E-state index is -0.407. The number of amides is 2. The molecule has 2 amide bonds. The predicted molar refractivity (Wildman–Crippen MR) is 113 cm³/mol. The summed E-state index contributed by atoms with van der Waals surface area (Å²) in [5.74, 6) is 1.16. The number of nitrogens with zero attached hydrogens (tertiary/aromatic N) is 2. The molecule has 2 aromatic carbocycles. The molecule has 0 aromatic heterocycles. The lowest BCUT2D eigenvalue weighted by Gasteiger charge is -2.28. The molecular formula is C22H25N3O5. The molecule has 0 atom stereocenters. The Balaban J connectivity index is 1.69. The zero-order chi connectivity index (χ0) is 21.5. The van der Waals surface area contributed by atoms with E-state index in [9.17, 15) is 9.59 Å². The highest BCUT2D eigenvalue weighted by molar-refractivity contribution is 6.03.